The van der Waals surface area contributed by atoms with Crippen molar-refractivity contribution in [1.29, 1.82) is 0 Å². The lowest BCUT2D eigenvalue weighted by Crippen LogP contribution is -2.43. The Morgan fingerprint density at radius 2 is 2.21 bits per heavy atom. The number of nitrogens with zero attached hydrogens (tertiary/aromatic N) is 3. The van der Waals surface area contributed by atoms with Crippen LogP contribution in [0.1, 0.15) is 44.4 Å². The molecule has 0 amide bonds. The molecule has 0 radical (unpaired) electrons. The Balaban J connectivity index is 0.00000208. The van der Waals surface area contributed by atoms with Crippen LogP contribution < -0.4 is 5.32 Å². The monoisotopic (exact) mass is 446 g/mol. The van der Waals surface area contributed by atoms with Crippen LogP contribution in [0.3, 0.4) is 0 Å². The number of hydrogen-bond acceptors (Lipinski definition) is 3. The van der Waals surface area contributed by atoms with Gasteiger partial charge in [-0.3, -0.25) is 9.89 Å². The van der Waals surface area contributed by atoms with Gasteiger partial charge in [0.15, 0.2) is 5.96 Å². The van der Waals surface area contributed by atoms with E-state index in [4.69, 9.17) is 9.41 Å². The Morgan fingerprint density at radius 1 is 1.42 bits per heavy atom. The predicted molar refractivity (Wildman–Crippen MR) is 109 cm³/mol. The molecular weight excluding hydrogens is 415 g/mol. The molecule has 3 rings (SSSR count). The van der Waals surface area contributed by atoms with E-state index in [9.17, 15) is 0 Å². The number of aliphatic imine (C=N–C) groups is 1. The second kappa shape index (κ2) is 8.56. The molecule has 1 unspecified atom stereocenters. The summed E-state index contributed by atoms with van der Waals surface area (Å²) in [6.07, 6.45) is 7.27. The van der Waals surface area contributed by atoms with E-state index in [2.05, 4.69) is 36.1 Å². The molecule has 1 N–H and O–H groups in total. The third kappa shape index (κ3) is 4.25. The van der Waals surface area contributed by atoms with Crippen molar-refractivity contribution in [1.82, 2.24) is 15.1 Å². The minimum atomic E-state index is 0. The second-order valence-corrected chi connectivity index (χ2v) is 7.21. The van der Waals surface area contributed by atoms with E-state index in [-0.39, 0.29) is 30.0 Å². The molecule has 0 aromatic carbocycles. The molecule has 5 nitrogen and oxygen atoms in total. The fourth-order valence-electron chi connectivity index (χ4n) is 3.79. The maximum Gasteiger partial charge on any atom is 0.194 e. The van der Waals surface area contributed by atoms with E-state index in [1.807, 2.05) is 12.1 Å². The topological polar surface area (TPSA) is 44.0 Å². The van der Waals surface area contributed by atoms with Gasteiger partial charge in [-0.25, -0.2) is 0 Å². The van der Waals surface area contributed by atoms with Crippen molar-refractivity contribution >= 4 is 29.9 Å². The number of nitrogens with one attached hydrogen (secondary N) is 1. The highest BCUT2D eigenvalue weighted by Crippen LogP contribution is 2.47. The van der Waals surface area contributed by atoms with E-state index in [1.54, 1.807) is 6.26 Å². The van der Waals surface area contributed by atoms with Crippen LogP contribution in [-0.2, 0) is 0 Å². The van der Waals surface area contributed by atoms with E-state index in [1.165, 1.54) is 32.2 Å². The highest BCUT2D eigenvalue weighted by Gasteiger charge is 2.43. The molecule has 1 aliphatic carbocycles. The van der Waals surface area contributed by atoms with Crippen molar-refractivity contribution < 1.29 is 4.42 Å². The molecule has 1 aliphatic heterocycles. The molecule has 1 aromatic heterocycles. The first-order valence-electron chi connectivity index (χ1n) is 8.87. The van der Waals surface area contributed by atoms with Crippen molar-refractivity contribution in [2.45, 2.75) is 38.6 Å². The lowest BCUT2D eigenvalue weighted by atomic mass is 9.68. The maximum atomic E-state index is 5.59. The highest BCUT2D eigenvalue weighted by molar-refractivity contribution is 14.0. The zero-order valence-corrected chi connectivity index (χ0v) is 17.5. The summed E-state index contributed by atoms with van der Waals surface area (Å²) in [5.41, 5.74) is 0.595. The van der Waals surface area contributed by atoms with Gasteiger partial charge >= 0.3 is 0 Å². The third-order valence-corrected chi connectivity index (χ3v) is 5.40. The SMILES string of the molecule is CCNC(=NCC(c1ccco1)N(C)C)N1CCC2(CCC2)C1.I. The van der Waals surface area contributed by atoms with Crippen LogP contribution in [0.5, 0.6) is 0 Å². The summed E-state index contributed by atoms with van der Waals surface area (Å²) in [4.78, 5) is 9.55. The summed E-state index contributed by atoms with van der Waals surface area (Å²) in [5, 5.41) is 3.48. The van der Waals surface area contributed by atoms with E-state index in [0.717, 1.165) is 24.8 Å². The van der Waals surface area contributed by atoms with Crippen molar-refractivity contribution in [2.75, 3.05) is 40.3 Å². The van der Waals surface area contributed by atoms with Crippen LogP contribution in [0.25, 0.3) is 0 Å². The van der Waals surface area contributed by atoms with Crippen molar-refractivity contribution in [2.24, 2.45) is 10.4 Å². The van der Waals surface area contributed by atoms with Gasteiger partial charge in [0, 0.05) is 19.6 Å². The second-order valence-electron chi connectivity index (χ2n) is 7.21. The highest BCUT2D eigenvalue weighted by atomic mass is 127. The van der Waals surface area contributed by atoms with Crippen molar-refractivity contribution in [3.63, 3.8) is 0 Å². The Labute approximate surface area is 162 Å². The van der Waals surface area contributed by atoms with Crippen LogP contribution in [-0.4, -0.2) is 56.0 Å². The first-order valence-corrected chi connectivity index (χ1v) is 8.87. The molecule has 2 aliphatic rings. The van der Waals surface area contributed by atoms with Gasteiger partial charge in [0.25, 0.3) is 0 Å². The summed E-state index contributed by atoms with van der Waals surface area (Å²) in [5.74, 6) is 2.04. The molecule has 24 heavy (non-hydrogen) atoms. The number of rotatable bonds is 5. The quantitative estimate of drug-likeness (QED) is 0.428. The zero-order valence-electron chi connectivity index (χ0n) is 15.1. The van der Waals surface area contributed by atoms with Crippen molar-refractivity contribution in [3.05, 3.63) is 24.2 Å². The summed E-state index contributed by atoms with van der Waals surface area (Å²) >= 11 is 0. The lowest BCUT2D eigenvalue weighted by molar-refractivity contribution is 0.151. The smallest absolute Gasteiger partial charge is 0.194 e. The molecule has 1 atom stereocenters. The van der Waals surface area contributed by atoms with Crippen molar-refractivity contribution in [3.8, 4) is 0 Å². The third-order valence-electron chi connectivity index (χ3n) is 5.40. The summed E-state index contributed by atoms with van der Waals surface area (Å²) < 4.78 is 5.59. The zero-order chi connectivity index (χ0) is 16.3. The molecule has 6 heteroatoms. The number of likely N-dealkylation sites (N-methyl/N-ethyl adjacent to an activating group) is 1. The van der Waals surface area contributed by atoms with E-state index >= 15 is 0 Å². The van der Waals surface area contributed by atoms with Gasteiger partial charge in [-0.15, -0.1) is 24.0 Å². The number of hydrogen-bond donors (Lipinski definition) is 1. The first kappa shape index (κ1) is 19.6. The molecule has 1 saturated heterocycles. The summed E-state index contributed by atoms with van der Waals surface area (Å²) in [6, 6.07) is 4.16. The normalized spacial score (nSPS) is 20.8. The average Bonchev–Trinajstić information content (AvgIpc) is 3.15. The molecule has 2 heterocycles. The Kier molecular flexibility index (Phi) is 6.98. The van der Waals surface area contributed by atoms with Gasteiger partial charge in [0.1, 0.15) is 5.76 Å². The molecule has 1 spiro atoms. The van der Waals surface area contributed by atoms with Gasteiger partial charge in [0.05, 0.1) is 18.8 Å². The number of furan rings is 1. The predicted octanol–water partition coefficient (Wildman–Crippen LogP) is 3.34. The van der Waals surface area contributed by atoms with Gasteiger partial charge in [-0.05, 0) is 57.8 Å². The average molecular weight is 446 g/mol. The summed E-state index contributed by atoms with van der Waals surface area (Å²) in [6.45, 7) is 6.08. The molecule has 0 bridgehead atoms. The number of guanidine groups is 1. The number of likely N-dealkylation sites (tertiary alicyclic amines) is 1. The van der Waals surface area contributed by atoms with Crippen LogP contribution in [0.15, 0.2) is 27.8 Å². The Bertz CT molecular complexity index is 525. The minimum absolute atomic E-state index is 0. The standard InChI is InChI=1S/C18H30N4O.HI/c1-4-19-17(22-11-10-18(14-22)8-6-9-18)20-13-15(21(2)3)16-7-5-12-23-16;/h5,7,12,15H,4,6,8-11,13-14H2,1-3H3,(H,19,20);1H. The van der Waals surface area contributed by atoms with E-state index < -0.39 is 0 Å². The Hall–Kier alpha value is -0.760. The summed E-state index contributed by atoms with van der Waals surface area (Å²) in [7, 11) is 4.16. The van der Waals surface area contributed by atoms with Crippen LogP contribution in [0.2, 0.25) is 0 Å². The lowest BCUT2D eigenvalue weighted by Gasteiger charge is -2.38. The van der Waals surface area contributed by atoms with Crippen LogP contribution >= 0.6 is 24.0 Å². The van der Waals surface area contributed by atoms with Gasteiger partial charge in [-0.2, -0.15) is 0 Å². The first-order chi connectivity index (χ1) is 11.1. The van der Waals surface area contributed by atoms with Gasteiger partial charge < -0.3 is 14.6 Å². The van der Waals surface area contributed by atoms with E-state index in [0.29, 0.717) is 12.0 Å². The van der Waals surface area contributed by atoms with Gasteiger partial charge in [-0.1, -0.05) is 6.42 Å². The fourth-order valence-corrected chi connectivity index (χ4v) is 3.79. The molecule has 136 valence electrons. The van der Waals surface area contributed by atoms with Crippen LogP contribution in [0.4, 0.5) is 0 Å². The molecular formula is C18H31IN4O. The molecule has 1 saturated carbocycles. The fraction of sp³-hybridized carbons (Fsp3) is 0.722. The molecule has 1 aromatic rings. The Morgan fingerprint density at radius 3 is 2.71 bits per heavy atom. The minimum Gasteiger partial charge on any atom is -0.468 e. The maximum absolute atomic E-state index is 5.59. The number of halogens is 1. The van der Waals surface area contributed by atoms with Crippen LogP contribution in [0, 0.1) is 5.41 Å². The molecule has 2 fully saturated rings. The largest absolute Gasteiger partial charge is 0.468 e. The van der Waals surface area contributed by atoms with Gasteiger partial charge in [0.2, 0.25) is 0 Å².